The third-order valence-corrected chi connectivity index (χ3v) is 4.41. The van der Waals surface area contributed by atoms with Crippen molar-refractivity contribution >= 4 is 29.0 Å². The number of amides is 1. The number of nitrogens with zero attached hydrogens (tertiary/aromatic N) is 1. The third kappa shape index (κ3) is 5.36. The number of thiophene rings is 1. The largest absolute Gasteiger partial charge is 0.444 e. The number of halogens is 3. The van der Waals surface area contributed by atoms with Gasteiger partial charge in [-0.2, -0.15) is 13.2 Å². The van der Waals surface area contributed by atoms with Crippen molar-refractivity contribution < 1.29 is 27.9 Å². The van der Waals surface area contributed by atoms with Crippen LogP contribution >= 0.6 is 11.3 Å². The van der Waals surface area contributed by atoms with Gasteiger partial charge in [-0.05, 0) is 44.5 Å². The first-order chi connectivity index (χ1) is 12.4. The van der Waals surface area contributed by atoms with E-state index in [4.69, 9.17) is 15.7 Å². The minimum absolute atomic E-state index is 0.222. The Morgan fingerprint density at radius 1 is 1.22 bits per heavy atom. The van der Waals surface area contributed by atoms with Crippen molar-refractivity contribution in [1.82, 2.24) is 0 Å². The number of hydrogen-bond donors (Lipinski definition) is 3. The van der Waals surface area contributed by atoms with E-state index in [0.29, 0.717) is 10.4 Å². The maximum absolute atomic E-state index is 12.7. The van der Waals surface area contributed by atoms with E-state index < -0.39 is 23.4 Å². The Morgan fingerprint density at radius 2 is 1.81 bits per heavy atom. The molecule has 0 aliphatic carbocycles. The summed E-state index contributed by atoms with van der Waals surface area (Å²) in [6, 6.07) is 6.05. The molecule has 1 aromatic heterocycles. The number of amidine groups is 1. The van der Waals surface area contributed by atoms with E-state index in [-0.39, 0.29) is 16.4 Å². The third-order valence-electron chi connectivity index (χ3n) is 3.20. The highest BCUT2D eigenvalue weighted by molar-refractivity contribution is 7.18. The summed E-state index contributed by atoms with van der Waals surface area (Å²) < 4.78 is 43.3. The van der Waals surface area contributed by atoms with Gasteiger partial charge in [0.25, 0.3) is 0 Å². The summed E-state index contributed by atoms with van der Waals surface area (Å²) in [5, 5.41) is 14.4. The highest BCUT2D eigenvalue weighted by atomic mass is 32.1. The summed E-state index contributed by atoms with van der Waals surface area (Å²) in [6.45, 7) is 5.08. The lowest BCUT2D eigenvalue weighted by Gasteiger charge is -2.19. The van der Waals surface area contributed by atoms with E-state index in [1.807, 2.05) is 0 Å². The quantitative estimate of drug-likeness (QED) is 0.296. The molecule has 6 nitrogen and oxygen atoms in total. The summed E-state index contributed by atoms with van der Waals surface area (Å²) >= 11 is 1.05. The average molecular weight is 401 g/mol. The molecule has 10 heteroatoms. The number of hydrogen-bond acceptors (Lipinski definition) is 5. The van der Waals surface area contributed by atoms with Gasteiger partial charge in [0.2, 0.25) is 0 Å². The minimum atomic E-state index is -4.43. The van der Waals surface area contributed by atoms with Gasteiger partial charge in [-0.25, -0.2) is 4.79 Å². The van der Waals surface area contributed by atoms with Gasteiger partial charge in [-0.3, -0.25) is 5.32 Å². The standard InChI is InChI=1S/C17H18F3N3O3S/c1-16(2,3)26-15(24)22-11-8-12(27-13(11)14(21)23-25)9-4-6-10(7-5-9)17(18,19)20/h4-8,25H,1-3H3,(H2,21,23)(H,22,24). The second-order valence-electron chi connectivity index (χ2n) is 6.54. The van der Waals surface area contributed by atoms with Gasteiger partial charge in [0.1, 0.15) is 5.60 Å². The van der Waals surface area contributed by atoms with E-state index in [0.717, 1.165) is 23.5 Å². The van der Waals surface area contributed by atoms with E-state index in [2.05, 4.69) is 10.5 Å². The van der Waals surface area contributed by atoms with Crippen LogP contribution in [0.2, 0.25) is 0 Å². The molecule has 27 heavy (non-hydrogen) atoms. The summed E-state index contributed by atoms with van der Waals surface area (Å²) in [5.74, 6) is -0.246. The molecule has 0 radical (unpaired) electrons. The van der Waals surface area contributed by atoms with Crippen LogP contribution in [0.15, 0.2) is 35.5 Å². The minimum Gasteiger partial charge on any atom is -0.444 e. The normalized spacial score (nSPS) is 12.7. The molecule has 0 aliphatic rings. The lowest BCUT2D eigenvalue weighted by atomic mass is 10.1. The predicted molar refractivity (Wildman–Crippen MR) is 97.1 cm³/mol. The number of carbonyl (C=O) groups excluding carboxylic acids is 1. The fourth-order valence-corrected chi connectivity index (χ4v) is 3.11. The Morgan fingerprint density at radius 3 is 2.30 bits per heavy atom. The molecule has 146 valence electrons. The molecule has 1 aromatic carbocycles. The van der Waals surface area contributed by atoms with Gasteiger partial charge in [-0.1, -0.05) is 17.3 Å². The topological polar surface area (TPSA) is 96.9 Å². The van der Waals surface area contributed by atoms with Crippen molar-refractivity contribution in [3.8, 4) is 10.4 Å². The van der Waals surface area contributed by atoms with Gasteiger partial charge >= 0.3 is 12.3 Å². The van der Waals surface area contributed by atoms with Crippen LogP contribution < -0.4 is 11.1 Å². The van der Waals surface area contributed by atoms with Crippen molar-refractivity contribution in [2.24, 2.45) is 10.9 Å². The highest BCUT2D eigenvalue weighted by Gasteiger charge is 2.30. The number of nitrogens with one attached hydrogen (secondary N) is 1. The Labute approximate surface area is 157 Å². The summed E-state index contributed by atoms with van der Waals surface area (Å²) in [7, 11) is 0. The van der Waals surface area contributed by atoms with Crippen LogP contribution in [0.1, 0.15) is 31.2 Å². The zero-order valence-corrected chi connectivity index (χ0v) is 15.5. The molecule has 0 bridgehead atoms. The van der Waals surface area contributed by atoms with Gasteiger partial charge in [0.05, 0.1) is 16.1 Å². The van der Waals surface area contributed by atoms with Gasteiger partial charge in [0.15, 0.2) is 5.84 Å². The molecule has 0 saturated heterocycles. The number of carbonyl (C=O) groups is 1. The summed E-state index contributed by atoms with van der Waals surface area (Å²) in [6.07, 6.45) is -5.18. The molecule has 2 rings (SSSR count). The first-order valence-electron chi connectivity index (χ1n) is 7.70. The maximum Gasteiger partial charge on any atom is 0.416 e. The van der Waals surface area contributed by atoms with Gasteiger partial charge < -0.3 is 15.7 Å². The smallest absolute Gasteiger partial charge is 0.416 e. The first-order valence-corrected chi connectivity index (χ1v) is 8.52. The number of nitrogens with two attached hydrogens (primary N) is 1. The molecule has 1 amide bonds. The van der Waals surface area contributed by atoms with Crippen molar-refractivity contribution in [3.05, 3.63) is 40.8 Å². The highest BCUT2D eigenvalue weighted by Crippen LogP contribution is 2.37. The van der Waals surface area contributed by atoms with Crippen molar-refractivity contribution in [3.63, 3.8) is 0 Å². The average Bonchev–Trinajstić information content (AvgIpc) is 2.95. The number of alkyl halides is 3. The molecule has 0 fully saturated rings. The second-order valence-corrected chi connectivity index (χ2v) is 7.59. The molecule has 1 heterocycles. The van der Waals surface area contributed by atoms with Crippen LogP contribution in [0.3, 0.4) is 0 Å². The molecular formula is C17H18F3N3O3S. The molecule has 4 N–H and O–H groups in total. The van der Waals surface area contributed by atoms with Crippen LogP contribution in [0.4, 0.5) is 23.7 Å². The molecule has 0 spiro atoms. The second kappa shape index (κ2) is 7.47. The molecule has 0 aliphatic heterocycles. The van der Waals surface area contributed by atoms with Crippen LogP contribution in [0.25, 0.3) is 10.4 Å². The summed E-state index contributed by atoms with van der Waals surface area (Å²) in [5.41, 5.74) is 4.84. The van der Waals surface area contributed by atoms with Crippen LogP contribution in [-0.4, -0.2) is 22.7 Å². The van der Waals surface area contributed by atoms with E-state index in [1.54, 1.807) is 20.8 Å². The lowest BCUT2D eigenvalue weighted by molar-refractivity contribution is -0.137. The van der Waals surface area contributed by atoms with Gasteiger partial charge in [-0.15, -0.1) is 11.3 Å². The molecule has 0 saturated carbocycles. The Balaban J connectivity index is 2.36. The SMILES string of the molecule is CC(C)(C)OC(=O)Nc1cc(-c2ccc(C(F)(F)F)cc2)sc1C(N)=NO. The van der Waals surface area contributed by atoms with Crippen molar-refractivity contribution in [1.29, 1.82) is 0 Å². The van der Waals surface area contributed by atoms with Gasteiger partial charge in [0, 0.05) is 4.88 Å². The molecule has 2 aromatic rings. The van der Waals surface area contributed by atoms with Crippen molar-refractivity contribution in [2.45, 2.75) is 32.5 Å². The molecular weight excluding hydrogens is 383 g/mol. The fraction of sp³-hybridized carbons (Fsp3) is 0.294. The van der Waals surface area contributed by atoms with E-state index >= 15 is 0 Å². The number of anilines is 1. The van der Waals surface area contributed by atoms with Crippen LogP contribution in [0, 0.1) is 0 Å². The fourth-order valence-electron chi connectivity index (χ4n) is 2.10. The molecule has 0 atom stereocenters. The zero-order valence-electron chi connectivity index (χ0n) is 14.7. The Bertz CT molecular complexity index is 853. The Hall–Kier alpha value is -2.75. The number of oxime groups is 1. The Kier molecular flexibility index (Phi) is 5.69. The van der Waals surface area contributed by atoms with Crippen LogP contribution in [-0.2, 0) is 10.9 Å². The number of benzene rings is 1. The number of ether oxygens (including phenoxy) is 1. The van der Waals surface area contributed by atoms with E-state index in [9.17, 15) is 18.0 Å². The predicted octanol–water partition coefficient (Wildman–Crippen LogP) is 4.88. The van der Waals surface area contributed by atoms with Crippen LogP contribution in [0.5, 0.6) is 0 Å². The lowest BCUT2D eigenvalue weighted by Crippen LogP contribution is -2.27. The summed E-state index contributed by atoms with van der Waals surface area (Å²) in [4.78, 5) is 12.8. The monoisotopic (exact) mass is 401 g/mol. The molecule has 0 unspecified atom stereocenters. The van der Waals surface area contributed by atoms with Crippen molar-refractivity contribution in [2.75, 3.05) is 5.32 Å². The van der Waals surface area contributed by atoms with E-state index in [1.165, 1.54) is 18.2 Å². The first kappa shape index (κ1) is 20.6. The maximum atomic E-state index is 12.7. The zero-order chi connectivity index (χ0) is 20.4. The number of rotatable bonds is 3.